The smallest absolute Gasteiger partial charge is 0.226 e. The predicted octanol–water partition coefficient (Wildman–Crippen LogP) is 4.64. The molecule has 1 N–H and O–H groups in total. The Kier molecular flexibility index (Phi) is 6.49. The number of hydrogen-bond donors (Lipinski definition) is 1. The van der Waals surface area contributed by atoms with Gasteiger partial charge in [-0.3, -0.25) is 4.79 Å². The molecule has 1 saturated heterocycles. The van der Waals surface area contributed by atoms with Gasteiger partial charge in [-0.1, -0.05) is 30.3 Å². The lowest BCUT2D eigenvalue weighted by Gasteiger charge is -2.31. The van der Waals surface area contributed by atoms with E-state index in [0.717, 1.165) is 36.9 Å². The third kappa shape index (κ3) is 4.42. The van der Waals surface area contributed by atoms with Gasteiger partial charge in [0, 0.05) is 43.1 Å². The molecule has 0 radical (unpaired) electrons. The maximum Gasteiger partial charge on any atom is 0.226 e. The molecule has 1 aliphatic carbocycles. The topological polar surface area (TPSA) is 52.9 Å². The highest BCUT2D eigenvalue weighted by molar-refractivity contribution is 7.97. The van der Waals surface area contributed by atoms with Gasteiger partial charge in [-0.25, -0.2) is 13.2 Å². The van der Waals surface area contributed by atoms with Crippen molar-refractivity contribution < 1.29 is 18.7 Å². The summed E-state index contributed by atoms with van der Waals surface area (Å²) in [7, 11) is 0. The van der Waals surface area contributed by atoms with Crippen molar-refractivity contribution in [1.29, 1.82) is 0 Å². The van der Waals surface area contributed by atoms with E-state index in [2.05, 4.69) is 4.40 Å². The van der Waals surface area contributed by atoms with Gasteiger partial charge in [0.2, 0.25) is 5.91 Å². The first-order valence-electron chi connectivity index (χ1n) is 10.2. The van der Waals surface area contributed by atoms with Gasteiger partial charge in [-0.05, 0) is 48.4 Å². The minimum Gasteiger partial charge on any atom is -0.384 e. The number of amides is 1. The van der Waals surface area contributed by atoms with Crippen LogP contribution in [0.3, 0.4) is 0 Å². The Bertz CT molecular complexity index is 932. The van der Waals surface area contributed by atoms with Crippen LogP contribution in [0.1, 0.15) is 30.7 Å². The Morgan fingerprint density at radius 3 is 2.73 bits per heavy atom. The van der Waals surface area contributed by atoms with Gasteiger partial charge in [0.1, 0.15) is 17.6 Å². The number of halogens is 2. The first kappa shape index (κ1) is 21.0. The van der Waals surface area contributed by atoms with Crippen LogP contribution in [-0.2, 0) is 4.79 Å². The number of carbonyl (C=O) groups is 1. The molecule has 7 heteroatoms. The summed E-state index contributed by atoms with van der Waals surface area (Å²) in [5, 5.41) is 8.83. The van der Waals surface area contributed by atoms with Gasteiger partial charge in [-0.2, -0.15) is 0 Å². The van der Waals surface area contributed by atoms with Crippen LogP contribution in [0.5, 0.6) is 0 Å². The lowest BCUT2D eigenvalue weighted by Crippen LogP contribution is -2.41. The van der Waals surface area contributed by atoms with Crippen LogP contribution < -0.4 is 0 Å². The van der Waals surface area contributed by atoms with Crippen molar-refractivity contribution in [3.8, 4) is 11.1 Å². The third-order valence-electron chi connectivity index (χ3n) is 5.87. The Hall–Kier alpha value is -2.25. The highest BCUT2D eigenvalue weighted by atomic mass is 32.2. The maximum absolute atomic E-state index is 14.4. The van der Waals surface area contributed by atoms with Crippen molar-refractivity contribution in [1.82, 2.24) is 4.90 Å². The zero-order valence-corrected chi connectivity index (χ0v) is 17.3. The van der Waals surface area contributed by atoms with E-state index >= 15 is 0 Å². The van der Waals surface area contributed by atoms with E-state index in [4.69, 9.17) is 5.11 Å². The summed E-state index contributed by atoms with van der Waals surface area (Å²) in [6.45, 7) is 1.35. The second kappa shape index (κ2) is 9.27. The Morgan fingerprint density at radius 1 is 1.20 bits per heavy atom. The van der Waals surface area contributed by atoms with E-state index in [1.807, 2.05) is 23.2 Å². The molecule has 30 heavy (non-hydrogen) atoms. The Balaban J connectivity index is 1.49. The Labute approximate surface area is 179 Å². The fourth-order valence-corrected chi connectivity index (χ4v) is 4.67. The monoisotopic (exact) mass is 430 g/mol. The molecule has 2 aliphatic rings. The van der Waals surface area contributed by atoms with Crippen molar-refractivity contribution in [2.75, 3.05) is 19.0 Å². The molecule has 1 heterocycles. The number of rotatable bonds is 6. The molecule has 2 fully saturated rings. The summed E-state index contributed by atoms with van der Waals surface area (Å²) in [4.78, 5) is 15.0. The van der Waals surface area contributed by atoms with Gasteiger partial charge in [-0.15, -0.1) is 0 Å². The van der Waals surface area contributed by atoms with Crippen LogP contribution in [0.15, 0.2) is 46.9 Å². The number of nitrogens with zero attached hydrogens (tertiary/aromatic N) is 2. The molecule has 1 saturated carbocycles. The summed E-state index contributed by atoms with van der Waals surface area (Å²) < 4.78 is 32.9. The van der Waals surface area contributed by atoms with Crippen LogP contribution in [-0.4, -0.2) is 41.2 Å². The molecule has 3 unspecified atom stereocenters. The van der Waals surface area contributed by atoms with Crippen LogP contribution in [0.2, 0.25) is 0 Å². The summed E-state index contributed by atoms with van der Waals surface area (Å²) in [5.74, 6) is -1.11. The molecule has 3 atom stereocenters. The van der Waals surface area contributed by atoms with E-state index < -0.39 is 11.6 Å². The standard InChI is InChI=1S/C23H24F2N2O2S/c24-20-8-3-9-21(25)22(20)17-7-2-1-6-16(17)18-11-19(18)23(29)27-10-4-5-15(13-27)12-26-30-14-28/h1-3,6-9,12,15,18-19,28H,4-5,10-11,13-14H2/b26-12-. The molecule has 2 aromatic rings. The summed E-state index contributed by atoms with van der Waals surface area (Å²) in [6.07, 6.45) is 4.41. The first-order chi connectivity index (χ1) is 14.6. The molecule has 0 aromatic heterocycles. The number of aliphatic hydroxyl groups is 1. The SMILES string of the molecule is O=C(C1CC1c1ccccc1-c1c(F)cccc1F)N1CCCC(/C=N\SCO)C1. The molecular weight excluding hydrogens is 406 g/mol. The van der Waals surface area contributed by atoms with Crippen LogP contribution >= 0.6 is 11.9 Å². The highest BCUT2D eigenvalue weighted by Crippen LogP contribution is 2.51. The van der Waals surface area contributed by atoms with Crippen molar-refractivity contribution >= 4 is 24.1 Å². The lowest BCUT2D eigenvalue weighted by atomic mass is 9.94. The number of piperidine rings is 1. The third-order valence-corrected chi connectivity index (χ3v) is 6.26. The molecule has 158 valence electrons. The van der Waals surface area contributed by atoms with E-state index in [1.165, 1.54) is 18.2 Å². The first-order valence-corrected chi connectivity index (χ1v) is 11.1. The number of benzene rings is 2. The molecule has 1 amide bonds. The largest absolute Gasteiger partial charge is 0.384 e. The fourth-order valence-electron chi connectivity index (χ4n) is 4.34. The maximum atomic E-state index is 14.4. The van der Waals surface area contributed by atoms with Gasteiger partial charge < -0.3 is 10.0 Å². The summed E-state index contributed by atoms with van der Waals surface area (Å²) >= 11 is 1.09. The predicted molar refractivity (Wildman–Crippen MR) is 115 cm³/mol. The van der Waals surface area contributed by atoms with E-state index in [9.17, 15) is 13.6 Å². The molecule has 0 bridgehead atoms. The second-order valence-electron chi connectivity index (χ2n) is 7.83. The summed E-state index contributed by atoms with van der Waals surface area (Å²) in [6, 6.07) is 11.1. The highest BCUT2D eigenvalue weighted by Gasteiger charge is 2.47. The summed E-state index contributed by atoms with van der Waals surface area (Å²) in [5.41, 5.74) is 1.33. The minimum absolute atomic E-state index is 0.0216. The second-order valence-corrected chi connectivity index (χ2v) is 8.56. The van der Waals surface area contributed by atoms with Gasteiger partial charge in [0.25, 0.3) is 0 Å². The Morgan fingerprint density at radius 2 is 1.97 bits per heavy atom. The van der Waals surface area contributed by atoms with E-state index in [1.54, 1.807) is 12.1 Å². The molecule has 1 aliphatic heterocycles. The lowest BCUT2D eigenvalue weighted by molar-refractivity contribution is -0.134. The molecular formula is C23H24F2N2O2S. The van der Waals surface area contributed by atoms with Crippen molar-refractivity contribution in [3.05, 3.63) is 59.7 Å². The van der Waals surface area contributed by atoms with E-state index in [-0.39, 0.29) is 35.2 Å². The zero-order chi connectivity index (χ0) is 21.1. The molecule has 0 spiro atoms. The van der Waals surface area contributed by atoms with Crippen molar-refractivity contribution in [2.24, 2.45) is 16.2 Å². The quantitative estimate of drug-likeness (QED) is 0.413. The molecule has 4 rings (SSSR count). The number of aliphatic hydroxyl groups excluding tert-OH is 1. The average Bonchev–Trinajstić information content (AvgIpc) is 3.55. The normalized spacial score (nSPS) is 23.7. The van der Waals surface area contributed by atoms with Gasteiger partial charge in [0.05, 0.1) is 5.56 Å². The fraction of sp³-hybridized carbons (Fsp3) is 0.391. The van der Waals surface area contributed by atoms with E-state index in [0.29, 0.717) is 18.5 Å². The average molecular weight is 431 g/mol. The van der Waals surface area contributed by atoms with Crippen LogP contribution in [0.4, 0.5) is 8.78 Å². The number of likely N-dealkylation sites (tertiary alicyclic amines) is 1. The van der Waals surface area contributed by atoms with Gasteiger partial charge >= 0.3 is 0 Å². The molecule has 2 aromatic carbocycles. The minimum atomic E-state index is -0.593. The van der Waals surface area contributed by atoms with Crippen molar-refractivity contribution in [2.45, 2.75) is 25.2 Å². The van der Waals surface area contributed by atoms with Gasteiger partial charge in [0.15, 0.2) is 0 Å². The van der Waals surface area contributed by atoms with Crippen LogP contribution in [0.25, 0.3) is 11.1 Å². The zero-order valence-electron chi connectivity index (χ0n) is 16.5. The van der Waals surface area contributed by atoms with Crippen LogP contribution in [0, 0.1) is 23.5 Å². The van der Waals surface area contributed by atoms with Crippen molar-refractivity contribution in [3.63, 3.8) is 0 Å². The molecule has 4 nitrogen and oxygen atoms in total. The number of carbonyl (C=O) groups excluding carboxylic acids is 1. The number of hydrogen-bond acceptors (Lipinski definition) is 4.